The van der Waals surface area contributed by atoms with Crippen LogP contribution < -0.4 is 25.2 Å². The maximum atomic E-state index is 14.4. The molecule has 0 bridgehead atoms. The number of rotatable bonds is 7. The number of likely N-dealkylation sites (N-methyl/N-ethyl adjacent to an activating group) is 1. The molecule has 1 unspecified atom stereocenters. The molecule has 3 aliphatic rings. The number of hydrogen-bond acceptors (Lipinski definition) is 6. The van der Waals surface area contributed by atoms with Crippen molar-refractivity contribution in [2.75, 3.05) is 41.9 Å². The normalized spacial score (nSPS) is 19.0. The number of anilines is 3. The van der Waals surface area contributed by atoms with Gasteiger partial charge in [0.25, 0.3) is 5.91 Å². The van der Waals surface area contributed by atoms with Crippen molar-refractivity contribution in [3.63, 3.8) is 0 Å². The van der Waals surface area contributed by atoms with Crippen LogP contribution in [0.4, 0.5) is 26.2 Å². The molecule has 178 valence electrons. The standard InChI is InChI=1S/C24H25FN4O5/c1-28-22(31)9-14-4-6-18(25)17(23(14)28)11-26-8-2-3-16-12-29(24(32)34-16)15-5-7-20-19(10-15)27-21(30)13-33-20/h4-7,10,16,26H,2-3,8-9,11-13H2,1H3,(H,27,30). The van der Waals surface area contributed by atoms with Gasteiger partial charge in [0, 0.05) is 24.8 Å². The average molecular weight is 468 g/mol. The van der Waals surface area contributed by atoms with E-state index in [-0.39, 0.29) is 30.3 Å². The summed E-state index contributed by atoms with van der Waals surface area (Å²) in [7, 11) is 1.67. The number of fused-ring (bicyclic) bond motifs is 2. The van der Waals surface area contributed by atoms with Crippen LogP contribution in [0, 0.1) is 5.82 Å². The molecule has 9 nitrogen and oxygen atoms in total. The van der Waals surface area contributed by atoms with Crippen LogP contribution >= 0.6 is 0 Å². The fraction of sp³-hybridized carbons (Fsp3) is 0.375. The second-order valence-electron chi connectivity index (χ2n) is 8.62. The summed E-state index contributed by atoms with van der Waals surface area (Å²) in [5, 5.41) is 5.97. The summed E-state index contributed by atoms with van der Waals surface area (Å²) in [6, 6.07) is 8.26. The molecular formula is C24H25FN4O5. The zero-order chi connectivity index (χ0) is 23.8. The third-order valence-electron chi connectivity index (χ3n) is 6.32. The van der Waals surface area contributed by atoms with E-state index in [9.17, 15) is 18.8 Å². The predicted octanol–water partition coefficient (Wildman–Crippen LogP) is 2.57. The predicted molar refractivity (Wildman–Crippen MR) is 123 cm³/mol. The number of halogens is 1. The minimum atomic E-state index is -0.435. The van der Waals surface area contributed by atoms with Crippen molar-refractivity contribution < 1.29 is 28.2 Å². The number of nitrogens with one attached hydrogen (secondary N) is 2. The first-order valence-electron chi connectivity index (χ1n) is 11.2. The topological polar surface area (TPSA) is 100 Å². The molecule has 3 amide bonds. The summed E-state index contributed by atoms with van der Waals surface area (Å²) in [5.74, 6) is -0.0460. The van der Waals surface area contributed by atoms with Crippen LogP contribution in [-0.4, -0.2) is 50.8 Å². The molecule has 0 aromatic heterocycles. The third-order valence-corrected chi connectivity index (χ3v) is 6.32. The number of carbonyl (C=O) groups is 3. The van der Waals surface area contributed by atoms with Crippen LogP contribution in [0.5, 0.6) is 5.75 Å². The number of carbonyl (C=O) groups excluding carboxylic acids is 3. The summed E-state index contributed by atoms with van der Waals surface area (Å²) in [6.07, 6.45) is 0.971. The first-order chi connectivity index (χ1) is 16.4. The molecule has 2 aromatic rings. The van der Waals surface area contributed by atoms with Gasteiger partial charge in [-0.1, -0.05) is 6.07 Å². The van der Waals surface area contributed by atoms with Gasteiger partial charge < -0.3 is 25.0 Å². The van der Waals surface area contributed by atoms with Crippen LogP contribution in [0.2, 0.25) is 0 Å². The molecule has 1 saturated heterocycles. The minimum absolute atomic E-state index is 0.0254. The van der Waals surface area contributed by atoms with Crippen molar-refractivity contribution in [3.8, 4) is 5.75 Å². The molecule has 0 saturated carbocycles. The number of cyclic esters (lactones) is 1. The van der Waals surface area contributed by atoms with Gasteiger partial charge in [-0.3, -0.25) is 14.5 Å². The molecule has 0 aliphatic carbocycles. The highest BCUT2D eigenvalue weighted by Crippen LogP contribution is 2.34. The Labute approximate surface area is 195 Å². The highest BCUT2D eigenvalue weighted by Gasteiger charge is 2.33. The van der Waals surface area contributed by atoms with Crippen molar-refractivity contribution in [1.29, 1.82) is 0 Å². The lowest BCUT2D eigenvalue weighted by atomic mass is 10.1. The van der Waals surface area contributed by atoms with Crippen LogP contribution in [0.15, 0.2) is 30.3 Å². The molecule has 2 N–H and O–H groups in total. The lowest BCUT2D eigenvalue weighted by molar-refractivity contribution is -0.119. The molecule has 2 aromatic carbocycles. The van der Waals surface area contributed by atoms with E-state index in [2.05, 4.69) is 10.6 Å². The Morgan fingerprint density at radius 1 is 1.21 bits per heavy atom. The maximum absolute atomic E-state index is 14.4. The molecule has 5 rings (SSSR count). The lowest BCUT2D eigenvalue weighted by Gasteiger charge is -2.20. The fourth-order valence-electron chi connectivity index (χ4n) is 4.58. The van der Waals surface area contributed by atoms with E-state index in [4.69, 9.17) is 9.47 Å². The number of ether oxygens (including phenoxy) is 2. The molecule has 0 radical (unpaired) electrons. The van der Waals surface area contributed by atoms with E-state index in [0.29, 0.717) is 60.9 Å². The van der Waals surface area contributed by atoms with E-state index >= 15 is 0 Å². The zero-order valence-corrected chi connectivity index (χ0v) is 18.7. The second kappa shape index (κ2) is 8.94. The van der Waals surface area contributed by atoms with Crippen molar-refractivity contribution in [3.05, 3.63) is 47.3 Å². The first kappa shape index (κ1) is 22.1. The number of nitrogens with zero attached hydrogens (tertiary/aromatic N) is 2. The monoisotopic (exact) mass is 468 g/mol. The molecular weight excluding hydrogens is 443 g/mol. The molecule has 34 heavy (non-hydrogen) atoms. The van der Waals surface area contributed by atoms with E-state index in [1.165, 1.54) is 15.9 Å². The molecule has 0 spiro atoms. The van der Waals surface area contributed by atoms with E-state index in [0.717, 1.165) is 12.0 Å². The van der Waals surface area contributed by atoms with E-state index < -0.39 is 6.09 Å². The van der Waals surface area contributed by atoms with E-state index in [1.807, 2.05) is 0 Å². The number of benzene rings is 2. The Balaban J connectivity index is 1.12. The summed E-state index contributed by atoms with van der Waals surface area (Å²) < 4.78 is 25.3. The van der Waals surface area contributed by atoms with Gasteiger partial charge in [0.15, 0.2) is 6.61 Å². The van der Waals surface area contributed by atoms with Crippen molar-refractivity contribution in [2.45, 2.75) is 31.9 Å². The summed E-state index contributed by atoms with van der Waals surface area (Å²) in [4.78, 5) is 39.0. The Hall–Kier alpha value is -3.66. The summed E-state index contributed by atoms with van der Waals surface area (Å²) >= 11 is 0. The quantitative estimate of drug-likeness (QED) is 0.606. The molecule has 3 heterocycles. The maximum Gasteiger partial charge on any atom is 0.414 e. The Morgan fingerprint density at radius 2 is 2.06 bits per heavy atom. The highest BCUT2D eigenvalue weighted by molar-refractivity contribution is 6.02. The van der Waals surface area contributed by atoms with Gasteiger partial charge in [-0.05, 0) is 49.2 Å². The molecule has 3 aliphatic heterocycles. The van der Waals surface area contributed by atoms with Gasteiger partial charge in [-0.25, -0.2) is 9.18 Å². The van der Waals surface area contributed by atoms with Crippen LogP contribution in [0.1, 0.15) is 24.0 Å². The van der Waals surface area contributed by atoms with Gasteiger partial charge in [-0.15, -0.1) is 0 Å². The van der Waals surface area contributed by atoms with Crippen LogP contribution in [0.25, 0.3) is 0 Å². The van der Waals surface area contributed by atoms with Gasteiger partial charge in [0.1, 0.15) is 17.7 Å². The lowest BCUT2D eigenvalue weighted by Crippen LogP contribution is -2.27. The van der Waals surface area contributed by atoms with Crippen molar-refractivity contribution in [2.24, 2.45) is 0 Å². The van der Waals surface area contributed by atoms with Crippen LogP contribution in [-0.2, 0) is 27.3 Å². The molecule has 10 heteroatoms. The first-order valence-corrected chi connectivity index (χ1v) is 11.2. The van der Waals surface area contributed by atoms with E-state index in [1.54, 1.807) is 31.3 Å². The van der Waals surface area contributed by atoms with Crippen molar-refractivity contribution in [1.82, 2.24) is 5.32 Å². The van der Waals surface area contributed by atoms with Gasteiger partial charge in [0.05, 0.1) is 24.3 Å². The summed E-state index contributed by atoms with van der Waals surface area (Å²) in [6.45, 7) is 1.30. The Morgan fingerprint density at radius 3 is 2.91 bits per heavy atom. The van der Waals surface area contributed by atoms with Crippen LogP contribution in [0.3, 0.4) is 0 Å². The molecule has 1 fully saturated rings. The summed E-state index contributed by atoms with van der Waals surface area (Å²) in [5.41, 5.74) is 3.15. The minimum Gasteiger partial charge on any atom is -0.482 e. The smallest absolute Gasteiger partial charge is 0.414 e. The Bertz CT molecular complexity index is 1170. The highest BCUT2D eigenvalue weighted by atomic mass is 19.1. The van der Waals surface area contributed by atoms with Gasteiger partial charge in [0.2, 0.25) is 5.91 Å². The van der Waals surface area contributed by atoms with Gasteiger partial charge in [-0.2, -0.15) is 0 Å². The van der Waals surface area contributed by atoms with Crippen molar-refractivity contribution >= 4 is 35.0 Å². The average Bonchev–Trinajstić information content (AvgIpc) is 3.33. The molecule has 1 atom stereocenters. The SMILES string of the molecule is CN1C(=O)Cc2ccc(F)c(CNCCCC3CN(c4ccc5c(c4)NC(=O)CO5)C(=O)O3)c21. The third kappa shape index (κ3) is 4.16. The fourth-order valence-corrected chi connectivity index (χ4v) is 4.58. The number of amides is 3. The zero-order valence-electron chi connectivity index (χ0n) is 18.7. The second-order valence-corrected chi connectivity index (χ2v) is 8.62. The Kier molecular flexibility index (Phi) is 5.82. The van der Waals surface area contributed by atoms with Gasteiger partial charge >= 0.3 is 6.09 Å². The number of hydrogen-bond donors (Lipinski definition) is 2. The largest absolute Gasteiger partial charge is 0.482 e.